The van der Waals surface area contributed by atoms with E-state index in [1.165, 1.54) is 30.4 Å². The summed E-state index contributed by atoms with van der Waals surface area (Å²) in [6, 6.07) is 8.95. The van der Waals surface area contributed by atoms with Crippen LogP contribution in [-0.4, -0.2) is 13.1 Å². The average Bonchev–Trinajstić information content (AvgIpc) is 2.34. The molecule has 0 heterocycles. The van der Waals surface area contributed by atoms with Gasteiger partial charge < -0.3 is 5.32 Å². The SMILES string of the molecule is Cc1ccc(CCC(C)CCNCC(C)C)cc1. The number of rotatable bonds is 8. The zero-order valence-corrected chi connectivity index (χ0v) is 12.5. The highest BCUT2D eigenvalue weighted by molar-refractivity contribution is 5.21. The van der Waals surface area contributed by atoms with Crippen LogP contribution in [0.2, 0.25) is 0 Å². The third kappa shape index (κ3) is 6.80. The van der Waals surface area contributed by atoms with Crippen molar-refractivity contribution in [3.8, 4) is 0 Å². The van der Waals surface area contributed by atoms with Gasteiger partial charge in [-0.25, -0.2) is 0 Å². The summed E-state index contributed by atoms with van der Waals surface area (Å²) in [5, 5.41) is 3.52. The Morgan fingerprint density at radius 1 is 1.00 bits per heavy atom. The van der Waals surface area contributed by atoms with Crippen LogP contribution in [0.4, 0.5) is 0 Å². The molecule has 0 saturated heterocycles. The Hall–Kier alpha value is -0.820. The van der Waals surface area contributed by atoms with Crippen molar-refractivity contribution in [2.45, 2.75) is 47.0 Å². The molecule has 0 fully saturated rings. The van der Waals surface area contributed by atoms with Gasteiger partial charge in [0.25, 0.3) is 0 Å². The van der Waals surface area contributed by atoms with Gasteiger partial charge in [-0.1, -0.05) is 50.6 Å². The zero-order chi connectivity index (χ0) is 13.4. The lowest BCUT2D eigenvalue weighted by Gasteiger charge is -2.13. The molecule has 1 rings (SSSR count). The van der Waals surface area contributed by atoms with Gasteiger partial charge >= 0.3 is 0 Å². The fourth-order valence-electron chi connectivity index (χ4n) is 2.05. The first kappa shape index (κ1) is 15.2. The lowest BCUT2D eigenvalue weighted by molar-refractivity contribution is 0.454. The van der Waals surface area contributed by atoms with E-state index in [1.807, 2.05) is 0 Å². The Labute approximate surface area is 113 Å². The number of nitrogens with one attached hydrogen (secondary N) is 1. The van der Waals surface area contributed by atoms with Crippen LogP contribution < -0.4 is 5.32 Å². The molecular formula is C17H29N. The van der Waals surface area contributed by atoms with Crippen molar-refractivity contribution in [2.75, 3.05) is 13.1 Å². The van der Waals surface area contributed by atoms with E-state index in [0.717, 1.165) is 24.9 Å². The quantitative estimate of drug-likeness (QED) is 0.679. The zero-order valence-electron chi connectivity index (χ0n) is 12.5. The molecule has 1 N–H and O–H groups in total. The highest BCUT2D eigenvalue weighted by Gasteiger charge is 2.03. The van der Waals surface area contributed by atoms with Gasteiger partial charge in [0.1, 0.15) is 0 Å². The summed E-state index contributed by atoms with van der Waals surface area (Å²) in [4.78, 5) is 0. The summed E-state index contributed by atoms with van der Waals surface area (Å²) < 4.78 is 0. The molecule has 0 aliphatic carbocycles. The minimum absolute atomic E-state index is 0.757. The fourth-order valence-corrected chi connectivity index (χ4v) is 2.05. The predicted molar refractivity (Wildman–Crippen MR) is 81.0 cm³/mol. The largest absolute Gasteiger partial charge is 0.316 e. The second-order valence-electron chi connectivity index (χ2n) is 6.02. The van der Waals surface area contributed by atoms with Crippen LogP contribution in [0, 0.1) is 18.8 Å². The van der Waals surface area contributed by atoms with Gasteiger partial charge in [0.2, 0.25) is 0 Å². The molecule has 0 aliphatic rings. The molecule has 0 amide bonds. The number of benzene rings is 1. The number of aryl methyl sites for hydroxylation is 2. The maximum absolute atomic E-state index is 3.52. The Balaban J connectivity index is 2.13. The molecule has 0 aliphatic heterocycles. The predicted octanol–water partition coefficient (Wildman–Crippen LogP) is 4.20. The van der Waals surface area contributed by atoms with Crippen molar-refractivity contribution in [2.24, 2.45) is 11.8 Å². The fraction of sp³-hybridized carbons (Fsp3) is 0.647. The lowest BCUT2D eigenvalue weighted by Crippen LogP contribution is -2.22. The van der Waals surface area contributed by atoms with Crippen LogP contribution in [0.15, 0.2) is 24.3 Å². The number of hydrogen-bond acceptors (Lipinski definition) is 1. The maximum Gasteiger partial charge on any atom is -0.00258 e. The molecule has 0 spiro atoms. The Morgan fingerprint density at radius 3 is 2.28 bits per heavy atom. The third-order valence-corrected chi connectivity index (χ3v) is 3.41. The molecule has 1 aromatic rings. The molecule has 1 heteroatoms. The molecule has 1 nitrogen and oxygen atoms in total. The van der Waals surface area contributed by atoms with Gasteiger partial charge in [0.05, 0.1) is 0 Å². The highest BCUT2D eigenvalue weighted by Crippen LogP contribution is 2.13. The molecule has 102 valence electrons. The first-order valence-electron chi connectivity index (χ1n) is 7.34. The Kier molecular flexibility index (Phi) is 7.04. The van der Waals surface area contributed by atoms with Crippen LogP contribution in [0.5, 0.6) is 0 Å². The maximum atomic E-state index is 3.52. The third-order valence-electron chi connectivity index (χ3n) is 3.41. The van der Waals surface area contributed by atoms with Crippen LogP contribution in [0.3, 0.4) is 0 Å². The smallest absolute Gasteiger partial charge is 0.00258 e. The molecule has 1 aromatic carbocycles. The van der Waals surface area contributed by atoms with Crippen LogP contribution in [0.1, 0.15) is 44.7 Å². The van der Waals surface area contributed by atoms with E-state index in [4.69, 9.17) is 0 Å². The van der Waals surface area contributed by atoms with E-state index < -0.39 is 0 Å². The molecule has 0 radical (unpaired) electrons. The van der Waals surface area contributed by atoms with Crippen molar-refractivity contribution in [3.63, 3.8) is 0 Å². The van der Waals surface area contributed by atoms with Gasteiger partial charge in [-0.15, -0.1) is 0 Å². The molecule has 18 heavy (non-hydrogen) atoms. The molecule has 1 unspecified atom stereocenters. The van der Waals surface area contributed by atoms with Gasteiger partial charge in [0, 0.05) is 0 Å². The first-order chi connectivity index (χ1) is 8.58. The summed E-state index contributed by atoms with van der Waals surface area (Å²) in [6.07, 6.45) is 3.80. The second-order valence-corrected chi connectivity index (χ2v) is 6.02. The summed E-state index contributed by atoms with van der Waals surface area (Å²) in [7, 11) is 0. The molecule has 0 saturated carbocycles. The second kappa shape index (κ2) is 8.31. The lowest BCUT2D eigenvalue weighted by atomic mass is 9.98. The van der Waals surface area contributed by atoms with Gasteiger partial charge in [-0.05, 0) is 56.7 Å². The highest BCUT2D eigenvalue weighted by atomic mass is 14.8. The van der Waals surface area contributed by atoms with E-state index >= 15 is 0 Å². The normalized spacial score (nSPS) is 12.9. The summed E-state index contributed by atoms with van der Waals surface area (Å²) in [5.74, 6) is 1.57. The van der Waals surface area contributed by atoms with Gasteiger partial charge in [0.15, 0.2) is 0 Å². The standard InChI is InChI=1S/C17H29N/c1-14(2)13-18-12-11-16(4)7-10-17-8-5-15(3)6-9-17/h5-6,8-9,14,16,18H,7,10-13H2,1-4H3. The monoisotopic (exact) mass is 247 g/mol. The van der Waals surface area contributed by atoms with E-state index in [0.29, 0.717) is 0 Å². The Bertz CT molecular complexity index is 313. The summed E-state index contributed by atoms with van der Waals surface area (Å²) in [5.41, 5.74) is 2.83. The minimum atomic E-state index is 0.757. The van der Waals surface area contributed by atoms with E-state index in [-0.39, 0.29) is 0 Å². The first-order valence-corrected chi connectivity index (χ1v) is 7.34. The topological polar surface area (TPSA) is 12.0 Å². The minimum Gasteiger partial charge on any atom is -0.316 e. The molecule has 1 atom stereocenters. The average molecular weight is 247 g/mol. The molecular weight excluding hydrogens is 218 g/mol. The Morgan fingerprint density at radius 2 is 1.67 bits per heavy atom. The van der Waals surface area contributed by atoms with Crippen molar-refractivity contribution in [3.05, 3.63) is 35.4 Å². The van der Waals surface area contributed by atoms with E-state index in [2.05, 4.69) is 57.3 Å². The summed E-state index contributed by atoms with van der Waals surface area (Å²) in [6.45, 7) is 11.3. The van der Waals surface area contributed by atoms with Crippen molar-refractivity contribution < 1.29 is 0 Å². The van der Waals surface area contributed by atoms with E-state index in [9.17, 15) is 0 Å². The van der Waals surface area contributed by atoms with Crippen LogP contribution in [0.25, 0.3) is 0 Å². The van der Waals surface area contributed by atoms with Crippen molar-refractivity contribution in [1.82, 2.24) is 5.32 Å². The van der Waals surface area contributed by atoms with Gasteiger partial charge in [-0.3, -0.25) is 0 Å². The van der Waals surface area contributed by atoms with Crippen LogP contribution >= 0.6 is 0 Å². The summed E-state index contributed by atoms with van der Waals surface area (Å²) >= 11 is 0. The molecule has 0 bridgehead atoms. The van der Waals surface area contributed by atoms with Crippen molar-refractivity contribution >= 4 is 0 Å². The van der Waals surface area contributed by atoms with Gasteiger partial charge in [-0.2, -0.15) is 0 Å². The van der Waals surface area contributed by atoms with E-state index in [1.54, 1.807) is 0 Å². The number of hydrogen-bond donors (Lipinski definition) is 1. The van der Waals surface area contributed by atoms with Crippen LogP contribution in [-0.2, 0) is 6.42 Å². The van der Waals surface area contributed by atoms with Crippen molar-refractivity contribution in [1.29, 1.82) is 0 Å². The molecule has 0 aromatic heterocycles.